The lowest BCUT2D eigenvalue weighted by atomic mass is 9.95. The fraction of sp³-hybridized carbons (Fsp3) is 0.167. The van der Waals surface area contributed by atoms with Gasteiger partial charge >= 0.3 is 11.9 Å². The average Bonchev–Trinajstić information content (AvgIpc) is 3.37. The number of hydrogen-bond acceptors (Lipinski definition) is 8. The Morgan fingerprint density at radius 1 is 1.18 bits per heavy atom. The summed E-state index contributed by atoms with van der Waals surface area (Å²) in [6, 6.07) is 11.0. The lowest BCUT2D eigenvalue weighted by molar-refractivity contribution is -0.133. The normalized spacial score (nSPS) is 16.8. The molecular formula is C24H18N2O7S. The fourth-order valence-electron chi connectivity index (χ4n) is 3.94. The van der Waals surface area contributed by atoms with Crippen molar-refractivity contribution in [1.29, 1.82) is 0 Å². The summed E-state index contributed by atoms with van der Waals surface area (Å²) in [6.45, 7) is 3.02. The van der Waals surface area contributed by atoms with Crippen molar-refractivity contribution in [3.8, 4) is 17.2 Å². The van der Waals surface area contributed by atoms with Crippen LogP contribution in [0.5, 0.6) is 17.2 Å². The number of hydrogen-bond donors (Lipinski definition) is 1. The summed E-state index contributed by atoms with van der Waals surface area (Å²) >= 11 is 1.17. The minimum atomic E-state index is -1.15. The molecule has 1 atom stereocenters. The van der Waals surface area contributed by atoms with Crippen LogP contribution in [0.3, 0.4) is 0 Å². The van der Waals surface area contributed by atoms with Crippen LogP contribution in [-0.2, 0) is 9.59 Å². The fourth-order valence-corrected chi connectivity index (χ4v) is 4.99. The highest BCUT2D eigenvalue weighted by atomic mass is 32.1. The monoisotopic (exact) mass is 478 g/mol. The van der Waals surface area contributed by atoms with Gasteiger partial charge in [-0.25, -0.2) is 9.79 Å². The number of nitrogens with zero attached hydrogens (tertiary/aromatic N) is 2. The number of rotatable bonds is 4. The van der Waals surface area contributed by atoms with Crippen LogP contribution in [0, 0.1) is 0 Å². The first-order valence-corrected chi connectivity index (χ1v) is 11.1. The first-order chi connectivity index (χ1) is 16.3. The maximum atomic E-state index is 13.5. The number of benzene rings is 2. The highest BCUT2D eigenvalue weighted by Crippen LogP contribution is 2.37. The van der Waals surface area contributed by atoms with Crippen molar-refractivity contribution in [2.45, 2.75) is 19.9 Å². The minimum Gasteiger partial charge on any atom is -0.478 e. The largest absolute Gasteiger partial charge is 0.478 e. The van der Waals surface area contributed by atoms with E-state index in [1.165, 1.54) is 22.8 Å². The van der Waals surface area contributed by atoms with Crippen molar-refractivity contribution < 1.29 is 28.9 Å². The van der Waals surface area contributed by atoms with Crippen LogP contribution >= 0.6 is 11.3 Å². The third-order valence-electron chi connectivity index (χ3n) is 5.40. The van der Waals surface area contributed by atoms with Crippen LogP contribution in [0.25, 0.3) is 6.08 Å². The molecule has 1 unspecified atom stereocenters. The predicted octanol–water partition coefficient (Wildman–Crippen LogP) is 1.97. The van der Waals surface area contributed by atoms with E-state index in [1.54, 1.807) is 55.5 Å². The summed E-state index contributed by atoms with van der Waals surface area (Å²) in [5.74, 6) is -0.123. The maximum Gasteiger partial charge on any atom is 0.335 e. The van der Waals surface area contributed by atoms with Gasteiger partial charge in [0.2, 0.25) is 6.79 Å². The van der Waals surface area contributed by atoms with Crippen molar-refractivity contribution in [2.24, 2.45) is 4.99 Å². The van der Waals surface area contributed by atoms with Gasteiger partial charge in [-0.3, -0.25) is 14.2 Å². The zero-order valence-corrected chi connectivity index (χ0v) is 18.9. The summed E-state index contributed by atoms with van der Waals surface area (Å²) in [4.78, 5) is 41.6. The third kappa shape index (κ3) is 3.77. The quantitative estimate of drug-likeness (QED) is 0.450. The molecule has 0 spiro atoms. The maximum absolute atomic E-state index is 13.5. The van der Waals surface area contributed by atoms with Gasteiger partial charge in [-0.15, -0.1) is 0 Å². The molecule has 2 aliphatic heterocycles. The molecule has 0 aliphatic carbocycles. The van der Waals surface area contributed by atoms with Crippen LogP contribution in [0.2, 0.25) is 0 Å². The number of carbonyl (C=O) groups excluding carboxylic acids is 1. The SMILES string of the molecule is CC(=O)Oc1ccc(C=c2sc3n(c2=O)C(c2ccc4c(c2)OCO4)C(C(=O)O)=C(C)N=3)cc1. The molecule has 172 valence electrons. The Morgan fingerprint density at radius 3 is 2.62 bits per heavy atom. The first kappa shape index (κ1) is 21.7. The molecule has 34 heavy (non-hydrogen) atoms. The summed E-state index contributed by atoms with van der Waals surface area (Å²) in [7, 11) is 0. The van der Waals surface area contributed by atoms with Crippen LogP contribution in [0.4, 0.5) is 0 Å². The number of fused-ring (bicyclic) bond motifs is 2. The Labute approximate surface area is 196 Å². The van der Waals surface area contributed by atoms with Gasteiger partial charge in [0.05, 0.1) is 21.8 Å². The molecule has 1 N–H and O–H groups in total. The zero-order chi connectivity index (χ0) is 24.0. The number of aliphatic carboxylic acids is 1. The van der Waals surface area contributed by atoms with Gasteiger partial charge < -0.3 is 19.3 Å². The molecule has 0 amide bonds. The first-order valence-electron chi connectivity index (χ1n) is 10.3. The predicted molar refractivity (Wildman–Crippen MR) is 122 cm³/mol. The molecule has 0 saturated heterocycles. The lowest BCUT2D eigenvalue weighted by Crippen LogP contribution is -2.39. The number of carboxylic acids is 1. The van der Waals surface area contributed by atoms with Gasteiger partial charge in [0.25, 0.3) is 5.56 Å². The molecule has 3 heterocycles. The molecule has 1 aromatic heterocycles. The Hall–Kier alpha value is -4.18. The number of thiazole rings is 1. The van der Waals surface area contributed by atoms with Crippen molar-refractivity contribution >= 4 is 29.4 Å². The number of allylic oxidation sites excluding steroid dienone is 1. The molecule has 0 fully saturated rings. The number of carbonyl (C=O) groups is 2. The van der Waals surface area contributed by atoms with E-state index in [2.05, 4.69) is 4.99 Å². The topological polar surface area (TPSA) is 116 Å². The van der Waals surface area contributed by atoms with E-state index in [1.807, 2.05) is 0 Å². The van der Waals surface area contributed by atoms with Gasteiger partial charge in [-0.05, 0) is 48.4 Å². The Balaban J connectivity index is 1.64. The van der Waals surface area contributed by atoms with Gasteiger partial charge in [-0.2, -0.15) is 0 Å². The van der Waals surface area contributed by atoms with E-state index < -0.39 is 18.0 Å². The number of esters is 1. The molecule has 2 aliphatic rings. The van der Waals surface area contributed by atoms with Crippen molar-refractivity contribution in [1.82, 2.24) is 4.57 Å². The Kier molecular flexibility index (Phi) is 5.29. The minimum absolute atomic E-state index is 0.0172. The van der Waals surface area contributed by atoms with E-state index in [4.69, 9.17) is 14.2 Å². The van der Waals surface area contributed by atoms with Gasteiger partial charge in [0.15, 0.2) is 16.3 Å². The lowest BCUT2D eigenvalue weighted by Gasteiger charge is -2.23. The summed E-state index contributed by atoms with van der Waals surface area (Å²) < 4.78 is 17.7. The van der Waals surface area contributed by atoms with Gasteiger partial charge in [0.1, 0.15) is 5.75 Å². The second-order valence-corrected chi connectivity index (χ2v) is 8.67. The van der Waals surface area contributed by atoms with E-state index in [-0.39, 0.29) is 17.9 Å². The molecule has 9 nitrogen and oxygen atoms in total. The molecule has 0 radical (unpaired) electrons. The second-order valence-electron chi connectivity index (χ2n) is 7.66. The molecule has 0 saturated carbocycles. The van der Waals surface area contributed by atoms with E-state index in [9.17, 15) is 19.5 Å². The van der Waals surface area contributed by atoms with Crippen molar-refractivity contribution in [3.63, 3.8) is 0 Å². The number of ether oxygens (including phenoxy) is 3. The van der Waals surface area contributed by atoms with Crippen LogP contribution in [0.15, 0.2) is 63.5 Å². The smallest absolute Gasteiger partial charge is 0.335 e. The summed E-state index contributed by atoms with van der Waals surface area (Å²) in [5.41, 5.74) is 1.28. The second kappa shape index (κ2) is 8.31. The molecule has 2 aromatic carbocycles. The van der Waals surface area contributed by atoms with Crippen LogP contribution < -0.4 is 29.1 Å². The number of carboxylic acid groups (broad SMARTS) is 1. The molecule has 10 heteroatoms. The molecule has 0 bridgehead atoms. The van der Waals surface area contributed by atoms with E-state index >= 15 is 0 Å². The van der Waals surface area contributed by atoms with Crippen molar-refractivity contribution in [3.05, 3.63) is 84.5 Å². The summed E-state index contributed by atoms with van der Waals surface area (Å²) in [5, 5.41) is 9.95. The highest BCUT2D eigenvalue weighted by molar-refractivity contribution is 7.07. The van der Waals surface area contributed by atoms with E-state index in [0.717, 1.165) is 5.56 Å². The third-order valence-corrected chi connectivity index (χ3v) is 6.39. The summed E-state index contributed by atoms with van der Waals surface area (Å²) in [6.07, 6.45) is 1.69. The molecular weight excluding hydrogens is 460 g/mol. The van der Waals surface area contributed by atoms with Gasteiger partial charge in [-0.1, -0.05) is 29.5 Å². The molecule has 5 rings (SSSR count). The Morgan fingerprint density at radius 2 is 1.91 bits per heavy atom. The van der Waals surface area contributed by atoms with Crippen LogP contribution in [-0.4, -0.2) is 28.4 Å². The van der Waals surface area contributed by atoms with Crippen molar-refractivity contribution in [2.75, 3.05) is 6.79 Å². The Bertz CT molecular complexity index is 1550. The van der Waals surface area contributed by atoms with Crippen LogP contribution in [0.1, 0.15) is 31.0 Å². The number of aromatic nitrogens is 1. The van der Waals surface area contributed by atoms with Gasteiger partial charge in [0, 0.05) is 6.92 Å². The highest BCUT2D eigenvalue weighted by Gasteiger charge is 2.33. The molecule has 3 aromatic rings. The average molecular weight is 478 g/mol. The van der Waals surface area contributed by atoms with E-state index in [0.29, 0.717) is 37.8 Å². The zero-order valence-electron chi connectivity index (χ0n) is 18.1. The standard InChI is InChI=1S/C24H18N2O7S/c1-12-20(23(29)30)21(15-5-8-17-18(10-15)32-11-31-17)26-22(28)19(34-24(26)25-12)9-14-3-6-16(7-4-14)33-13(2)27/h3-10,21H,11H2,1-2H3,(H,29,30).